The maximum absolute atomic E-state index is 5.17. The van der Waals surface area contributed by atoms with Gasteiger partial charge >= 0.3 is 0 Å². The zero-order chi connectivity index (χ0) is 28.3. The molecule has 9 rings (SSSR count). The summed E-state index contributed by atoms with van der Waals surface area (Å²) in [7, 11) is 0. The molecule has 1 aliphatic rings. The van der Waals surface area contributed by atoms with Crippen LogP contribution < -0.4 is 0 Å². The van der Waals surface area contributed by atoms with E-state index in [0.29, 0.717) is 11.6 Å². The molecule has 2 heterocycles. The molecule has 0 spiro atoms. The fraction of sp³-hybridized carbons (Fsp3) is 0.0513. The third-order valence-corrected chi connectivity index (χ3v) is 9.70. The second-order valence-electron chi connectivity index (χ2n) is 11.2. The monoisotopic (exact) mass is 567 g/mol. The largest absolute Gasteiger partial charge is 0.212 e. The fourth-order valence-electron chi connectivity index (χ4n) is 6.43. The summed E-state index contributed by atoms with van der Waals surface area (Å²) >= 11 is 1.85. The van der Waals surface area contributed by atoms with E-state index in [2.05, 4.69) is 133 Å². The first kappa shape index (κ1) is 24.4. The minimum absolute atomic E-state index is 0.106. The SMILES string of the molecule is C1=CCC(c2nc(-c3ccc4cc5sc6ccccc6c5cc4c3)nc(-c3cc4ccccc4c4ccccc34)n2)C=C1. The Morgan fingerprint density at radius 1 is 0.535 bits per heavy atom. The van der Waals surface area contributed by atoms with Crippen LogP contribution in [0.3, 0.4) is 0 Å². The van der Waals surface area contributed by atoms with Gasteiger partial charge in [-0.05, 0) is 69.1 Å². The highest BCUT2D eigenvalue weighted by Crippen LogP contribution is 2.38. The molecule has 1 aliphatic carbocycles. The summed E-state index contributed by atoms with van der Waals surface area (Å²) in [6.45, 7) is 0. The van der Waals surface area contributed by atoms with Crippen molar-refractivity contribution < 1.29 is 0 Å². The summed E-state index contributed by atoms with van der Waals surface area (Å²) in [5.41, 5.74) is 2.03. The Balaban J connectivity index is 1.27. The molecule has 1 atom stereocenters. The van der Waals surface area contributed by atoms with E-state index in [1.165, 1.54) is 47.1 Å². The first-order valence-corrected chi connectivity index (χ1v) is 15.5. The molecule has 0 radical (unpaired) electrons. The standard InChI is InChI=1S/C39H25N3S/c1-2-10-24(11-3-1)37-40-38(27-19-18-25-23-36-33(22-28(25)20-27)32-16-8-9-17-35(32)43-36)42-39(41-37)34-21-26-12-4-5-13-29(26)30-14-6-7-15-31(30)34/h1-10,12-24H,11H2. The maximum Gasteiger partial charge on any atom is 0.164 e. The molecule has 0 saturated heterocycles. The van der Waals surface area contributed by atoms with E-state index in [4.69, 9.17) is 15.0 Å². The molecule has 3 nitrogen and oxygen atoms in total. The van der Waals surface area contributed by atoms with Gasteiger partial charge in [0.05, 0.1) is 0 Å². The lowest BCUT2D eigenvalue weighted by atomic mass is 9.96. The zero-order valence-electron chi connectivity index (χ0n) is 23.2. The molecule has 0 bridgehead atoms. The highest BCUT2D eigenvalue weighted by molar-refractivity contribution is 7.25. The topological polar surface area (TPSA) is 38.7 Å². The fourth-order valence-corrected chi connectivity index (χ4v) is 7.56. The van der Waals surface area contributed by atoms with E-state index in [1.54, 1.807) is 0 Å². The van der Waals surface area contributed by atoms with Gasteiger partial charge in [0.25, 0.3) is 0 Å². The van der Waals surface area contributed by atoms with Gasteiger partial charge in [-0.1, -0.05) is 103 Å². The molecule has 6 aromatic carbocycles. The van der Waals surface area contributed by atoms with Crippen molar-refractivity contribution in [3.8, 4) is 22.8 Å². The van der Waals surface area contributed by atoms with Crippen molar-refractivity contribution in [1.29, 1.82) is 0 Å². The molecule has 0 saturated carbocycles. The van der Waals surface area contributed by atoms with Gasteiger partial charge in [0.2, 0.25) is 0 Å². The number of thiophene rings is 1. The van der Waals surface area contributed by atoms with Gasteiger partial charge < -0.3 is 0 Å². The van der Waals surface area contributed by atoms with Crippen LogP contribution in [0.2, 0.25) is 0 Å². The van der Waals surface area contributed by atoms with E-state index in [-0.39, 0.29) is 5.92 Å². The molecule has 8 aromatic rings. The second-order valence-corrected chi connectivity index (χ2v) is 12.3. The van der Waals surface area contributed by atoms with E-state index in [1.807, 2.05) is 11.3 Å². The molecule has 4 heteroatoms. The highest BCUT2D eigenvalue weighted by atomic mass is 32.1. The lowest BCUT2D eigenvalue weighted by Gasteiger charge is -2.16. The summed E-state index contributed by atoms with van der Waals surface area (Å²) in [5, 5.41) is 9.78. The lowest BCUT2D eigenvalue weighted by Crippen LogP contribution is -2.08. The Kier molecular flexibility index (Phi) is 5.50. The summed E-state index contributed by atoms with van der Waals surface area (Å²) in [4.78, 5) is 15.4. The molecule has 1 unspecified atom stereocenters. The van der Waals surface area contributed by atoms with Crippen LogP contribution in [0.15, 0.2) is 133 Å². The maximum atomic E-state index is 5.17. The van der Waals surface area contributed by atoms with Crippen LogP contribution in [0.1, 0.15) is 18.2 Å². The minimum atomic E-state index is 0.106. The summed E-state index contributed by atoms with van der Waals surface area (Å²) in [6.07, 6.45) is 9.44. The van der Waals surface area contributed by atoms with Crippen LogP contribution in [0.4, 0.5) is 0 Å². The average molecular weight is 568 g/mol. The van der Waals surface area contributed by atoms with Crippen LogP contribution in [0.25, 0.3) is 75.3 Å². The van der Waals surface area contributed by atoms with Crippen molar-refractivity contribution in [2.45, 2.75) is 12.3 Å². The van der Waals surface area contributed by atoms with Gasteiger partial charge in [0.15, 0.2) is 11.6 Å². The number of allylic oxidation sites excluding steroid dienone is 4. The molecular formula is C39H25N3S. The van der Waals surface area contributed by atoms with Crippen molar-refractivity contribution in [3.05, 3.63) is 139 Å². The quantitative estimate of drug-likeness (QED) is 0.199. The van der Waals surface area contributed by atoms with Crippen molar-refractivity contribution in [2.75, 3.05) is 0 Å². The first-order valence-electron chi connectivity index (χ1n) is 14.6. The molecule has 0 aliphatic heterocycles. The Bertz CT molecular complexity index is 2450. The normalized spacial score (nSPS) is 14.9. The van der Waals surface area contributed by atoms with E-state index in [9.17, 15) is 0 Å². The summed E-state index contributed by atoms with van der Waals surface area (Å²) in [6, 6.07) is 39.2. The van der Waals surface area contributed by atoms with E-state index < -0.39 is 0 Å². The predicted octanol–water partition coefficient (Wildman–Crippen LogP) is 10.6. The van der Waals surface area contributed by atoms with Crippen LogP contribution in [0, 0.1) is 0 Å². The van der Waals surface area contributed by atoms with Gasteiger partial charge in [-0.3, -0.25) is 0 Å². The summed E-state index contributed by atoms with van der Waals surface area (Å²) in [5.74, 6) is 2.33. The molecule has 0 fully saturated rings. The van der Waals surface area contributed by atoms with Crippen molar-refractivity contribution in [3.63, 3.8) is 0 Å². The van der Waals surface area contributed by atoms with Gasteiger partial charge in [-0.15, -0.1) is 11.3 Å². The summed E-state index contributed by atoms with van der Waals surface area (Å²) < 4.78 is 2.63. The van der Waals surface area contributed by atoms with Crippen molar-refractivity contribution in [1.82, 2.24) is 15.0 Å². The van der Waals surface area contributed by atoms with Crippen LogP contribution >= 0.6 is 11.3 Å². The number of benzene rings is 6. The number of hydrogen-bond acceptors (Lipinski definition) is 4. The van der Waals surface area contributed by atoms with Gasteiger partial charge in [-0.2, -0.15) is 0 Å². The molecular weight excluding hydrogens is 543 g/mol. The zero-order valence-corrected chi connectivity index (χ0v) is 24.1. The predicted molar refractivity (Wildman–Crippen MR) is 182 cm³/mol. The first-order chi connectivity index (χ1) is 21.3. The number of nitrogens with zero attached hydrogens (tertiary/aromatic N) is 3. The van der Waals surface area contributed by atoms with Gasteiger partial charge in [0.1, 0.15) is 5.82 Å². The van der Waals surface area contributed by atoms with Gasteiger partial charge in [0, 0.05) is 37.2 Å². The Hall–Kier alpha value is -5.19. The number of aromatic nitrogens is 3. The molecule has 43 heavy (non-hydrogen) atoms. The number of hydrogen-bond donors (Lipinski definition) is 0. The second kappa shape index (κ2) is 9.69. The molecule has 202 valence electrons. The van der Waals surface area contributed by atoms with Crippen LogP contribution in [-0.4, -0.2) is 15.0 Å². The van der Waals surface area contributed by atoms with E-state index in [0.717, 1.165) is 28.8 Å². The molecule has 0 amide bonds. The smallest absolute Gasteiger partial charge is 0.164 e. The third kappa shape index (κ3) is 4.06. The minimum Gasteiger partial charge on any atom is -0.212 e. The Labute approximate surface area is 252 Å². The van der Waals surface area contributed by atoms with Crippen LogP contribution in [0.5, 0.6) is 0 Å². The molecule has 2 aromatic heterocycles. The van der Waals surface area contributed by atoms with Crippen molar-refractivity contribution in [2.24, 2.45) is 0 Å². The molecule has 0 N–H and O–H groups in total. The van der Waals surface area contributed by atoms with Crippen molar-refractivity contribution >= 4 is 63.8 Å². The van der Waals surface area contributed by atoms with Crippen LogP contribution in [-0.2, 0) is 0 Å². The van der Waals surface area contributed by atoms with E-state index >= 15 is 0 Å². The average Bonchev–Trinajstić information content (AvgIpc) is 3.44. The van der Waals surface area contributed by atoms with Gasteiger partial charge in [-0.25, -0.2) is 15.0 Å². The Morgan fingerprint density at radius 2 is 1.33 bits per heavy atom. The Morgan fingerprint density at radius 3 is 2.21 bits per heavy atom. The lowest BCUT2D eigenvalue weighted by molar-refractivity contribution is 0.764. The number of fused-ring (bicyclic) bond motifs is 7. The number of rotatable bonds is 3. The highest BCUT2D eigenvalue weighted by Gasteiger charge is 2.19. The third-order valence-electron chi connectivity index (χ3n) is 8.57.